The zero-order valence-electron chi connectivity index (χ0n) is 10.9. The number of benzene rings is 1. The molecule has 0 aliphatic carbocycles. The minimum Gasteiger partial charge on any atom is -0.391 e. The molecule has 0 saturated carbocycles. The highest BCUT2D eigenvalue weighted by Crippen LogP contribution is 2.35. The summed E-state index contributed by atoms with van der Waals surface area (Å²) in [7, 11) is 0. The molecule has 0 amide bonds. The van der Waals surface area contributed by atoms with Crippen molar-refractivity contribution in [2.75, 3.05) is 5.73 Å². The Morgan fingerprint density at radius 1 is 1.06 bits per heavy atom. The van der Waals surface area contributed by atoms with Gasteiger partial charge in [-0.05, 0) is 48.1 Å². The van der Waals surface area contributed by atoms with Gasteiger partial charge in [-0.3, -0.25) is 0 Å². The van der Waals surface area contributed by atoms with E-state index in [0.717, 1.165) is 5.00 Å². The van der Waals surface area contributed by atoms with Gasteiger partial charge in [-0.25, -0.2) is 0 Å². The fourth-order valence-electron chi connectivity index (χ4n) is 2.06. The first-order chi connectivity index (χ1) is 7.99. The van der Waals surface area contributed by atoms with E-state index in [1.807, 2.05) is 0 Å². The first-order valence-electron chi connectivity index (χ1n) is 5.96. The average Bonchev–Trinajstić information content (AvgIpc) is 2.58. The van der Waals surface area contributed by atoms with Gasteiger partial charge in [-0.1, -0.05) is 32.0 Å². The summed E-state index contributed by atoms with van der Waals surface area (Å²) >= 11 is 1.66. The molecule has 0 atom stereocenters. The monoisotopic (exact) mass is 245 g/mol. The standard InChI is InChI=1S/C15H19NS/c1-9(2)12-6-5-10(3)13(7-12)14-8-15(16)17-11(14)4/h5-9H,16H2,1-4H3. The van der Waals surface area contributed by atoms with Crippen molar-refractivity contribution in [1.29, 1.82) is 0 Å². The molecule has 17 heavy (non-hydrogen) atoms. The van der Waals surface area contributed by atoms with Crippen molar-refractivity contribution in [3.05, 3.63) is 40.3 Å². The summed E-state index contributed by atoms with van der Waals surface area (Å²) in [6, 6.07) is 8.81. The van der Waals surface area contributed by atoms with Crippen molar-refractivity contribution < 1.29 is 0 Å². The van der Waals surface area contributed by atoms with Gasteiger partial charge < -0.3 is 5.73 Å². The normalized spacial score (nSPS) is 11.1. The zero-order valence-corrected chi connectivity index (χ0v) is 11.7. The molecule has 0 spiro atoms. The Morgan fingerprint density at radius 3 is 2.29 bits per heavy atom. The quantitative estimate of drug-likeness (QED) is 0.812. The molecular formula is C15H19NS. The molecule has 1 nitrogen and oxygen atoms in total. The number of nitrogen functional groups attached to an aromatic ring is 1. The predicted octanol–water partition coefficient (Wildman–Crippen LogP) is 4.74. The third-order valence-corrected chi connectivity index (χ3v) is 4.03. The van der Waals surface area contributed by atoms with Gasteiger partial charge in [0.2, 0.25) is 0 Å². The Hall–Kier alpha value is -1.28. The number of hydrogen-bond donors (Lipinski definition) is 1. The molecule has 2 heteroatoms. The molecule has 0 fully saturated rings. The lowest BCUT2D eigenvalue weighted by Gasteiger charge is -2.11. The van der Waals surface area contributed by atoms with E-state index in [1.54, 1.807) is 11.3 Å². The maximum Gasteiger partial charge on any atom is 0.0865 e. The van der Waals surface area contributed by atoms with Crippen LogP contribution >= 0.6 is 11.3 Å². The van der Waals surface area contributed by atoms with Crippen LogP contribution in [-0.4, -0.2) is 0 Å². The summed E-state index contributed by atoms with van der Waals surface area (Å²) in [6.45, 7) is 8.75. The predicted molar refractivity (Wildman–Crippen MR) is 77.7 cm³/mol. The fourth-order valence-corrected chi connectivity index (χ4v) is 2.87. The molecule has 90 valence electrons. The van der Waals surface area contributed by atoms with Crippen molar-refractivity contribution in [3.63, 3.8) is 0 Å². The highest BCUT2D eigenvalue weighted by atomic mass is 32.1. The molecule has 2 rings (SSSR count). The van der Waals surface area contributed by atoms with E-state index in [-0.39, 0.29) is 0 Å². The molecule has 2 aromatic rings. The number of hydrogen-bond acceptors (Lipinski definition) is 2. The topological polar surface area (TPSA) is 26.0 Å². The second kappa shape index (κ2) is 4.53. The van der Waals surface area contributed by atoms with Crippen LogP contribution in [0.15, 0.2) is 24.3 Å². The molecule has 0 aliphatic rings. The van der Waals surface area contributed by atoms with Crippen LogP contribution in [0.3, 0.4) is 0 Å². The van der Waals surface area contributed by atoms with Crippen LogP contribution in [0.25, 0.3) is 11.1 Å². The fraction of sp³-hybridized carbons (Fsp3) is 0.333. The lowest BCUT2D eigenvalue weighted by molar-refractivity contribution is 0.866. The minimum absolute atomic E-state index is 0.561. The molecule has 1 aromatic carbocycles. The van der Waals surface area contributed by atoms with Gasteiger partial charge in [0.25, 0.3) is 0 Å². The van der Waals surface area contributed by atoms with Crippen molar-refractivity contribution in [2.24, 2.45) is 0 Å². The summed E-state index contributed by atoms with van der Waals surface area (Å²) in [4.78, 5) is 1.30. The third-order valence-electron chi connectivity index (χ3n) is 3.16. The second-order valence-corrected chi connectivity index (χ2v) is 6.14. The summed E-state index contributed by atoms with van der Waals surface area (Å²) in [5.74, 6) is 0.561. The van der Waals surface area contributed by atoms with Crippen LogP contribution in [0.2, 0.25) is 0 Å². The van der Waals surface area contributed by atoms with Gasteiger partial charge in [-0.15, -0.1) is 11.3 Å². The highest BCUT2D eigenvalue weighted by Gasteiger charge is 2.10. The molecule has 2 N–H and O–H groups in total. The number of nitrogens with two attached hydrogens (primary N) is 1. The van der Waals surface area contributed by atoms with E-state index in [9.17, 15) is 0 Å². The van der Waals surface area contributed by atoms with E-state index in [2.05, 4.69) is 52.0 Å². The summed E-state index contributed by atoms with van der Waals surface area (Å²) in [5.41, 5.74) is 11.2. The lowest BCUT2D eigenvalue weighted by atomic mass is 9.94. The van der Waals surface area contributed by atoms with Crippen LogP contribution in [0.5, 0.6) is 0 Å². The second-order valence-electron chi connectivity index (χ2n) is 4.85. The number of anilines is 1. The maximum atomic E-state index is 5.88. The van der Waals surface area contributed by atoms with Crippen LogP contribution in [0.4, 0.5) is 5.00 Å². The summed E-state index contributed by atoms with van der Waals surface area (Å²) in [6.07, 6.45) is 0. The summed E-state index contributed by atoms with van der Waals surface area (Å²) < 4.78 is 0. The van der Waals surface area contributed by atoms with Crippen LogP contribution in [0, 0.1) is 13.8 Å². The SMILES string of the molecule is Cc1ccc(C(C)C)cc1-c1cc(N)sc1C. The molecule has 0 aliphatic heterocycles. The smallest absolute Gasteiger partial charge is 0.0865 e. The minimum atomic E-state index is 0.561. The maximum absolute atomic E-state index is 5.88. The molecule has 0 unspecified atom stereocenters. The zero-order chi connectivity index (χ0) is 12.6. The number of rotatable bonds is 2. The van der Waals surface area contributed by atoms with E-state index < -0.39 is 0 Å². The van der Waals surface area contributed by atoms with Crippen molar-refractivity contribution in [3.8, 4) is 11.1 Å². The van der Waals surface area contributed by atoms with Gasteiger partial charge >= 0.3 is 0 Å². The van der Waals surface area contributed by atoms with Crippen molar-refractivity contribution in [1.82, 2.24) is 0 Å². The molecule has 0 bridgehead atoms. The molecule has 0 radical (unpaired) electrons. The summed E-state index contributed by atoms with van der Waals surface area (Å²) in [5, 5.41) is 0.895. The van der Waals surface area contributed by atoms with Crippen molar-refractivity contribution >= 4 is 16.3 Å². The van der Waals surface area contributed by atoms with Gasteiger partial charge in [0.15, 0.2) is 0 Å². The van der Waals surface area contributed by atoms with Gasteiger partial charge in [0.05, 0.1) is 5.00 Å². The van der Waals surface area contributed by atoms with Crippen LogP contribution in [-0.2, 0) is 0 Å². The number of aryl methyl sites for hydroxylation is 2. The lowest BCUT2D eigenvalue weighted by Crippen LogP contribution is -1.91. The highest BCUT2D eigenvalue weighted by molar-refractivity contribution is 7.16. The van der Waals surface area contributed by atoms with Crippen LogP contribution < -0.4 is 5.73 Å². The van der Waals surface area contributed by atoms with Crippen molar-refractivity contribution in [2.45, 2.75) is 33.6 Å². The van der Waals surface area contributed by atoms with Gasteiger partial charge in [0.1, 0.15) is 0 Å². The molecular weight excluding hydrogens is 226 g/mol. The Kier molecular flexibility index (Phi) is 3.25. The first-order valence-corrected chi connectivity index (χ1v) is 6.77. The van der Waals surface area contributed by atoms with Crippen LogP contribution in [0.1, 0.15) is 35.8 Å². The molecule has 1 heterocycles. The molecule has 1 aromatic heterocycles. The van der Waals surface area contributed by atoms with Gasteiger partial charge in [-0.2, -0.15) is 0 Å². The van der Waals surface area contributed by atoms with E-state index in [1.165, 1.54) is 27.1 Å². The third kappa shape index (κ3) is 2.37. The Balaban J connectivity index is 2.58. The Labute approximate surface area is 107 Å². The Bertz CT molecular complexity index is 538. The first kappa shape index (κ1) is 12.2. The van der Waals surface area contributed by atoms with Gasteiger partial charge in [0, 0.05) is 4.88 Å². The molecule has 0 saturated heterocycles. The number of thiophene rings is 1. The van der Waals surface area contributed by atoms with E-state index in [4.69, 9.17) is 5.73 Å². The van der Waals surface area contributed by atoms with E-state index in [0.29, 0.717) is 5.92 Å². The Morgan fingerprint density at radius 2 is 1.76 bits per heavy atom. The van der Waals surface area contributed by atoms with E-state index >= 15 is 0 Å². The average molecular weight is 245 g/mol. The largest absolute Gasteiger partial charge is 0.391 e.